The number of amides is 1. The molecule has 1 aliphatic rings. The molecule has 1 heterocycles. The van der Waals surface area contributed by atoms with E-state index in [2.05, 4.69) is 53.6 Å². The highest BCUT2D eigenvalue weighted by atomic mass is 32.2. The van der Waals surface area contributed by atoms with E-state index in [0.29, 0.717) is 0 Å². The lowest BCUT2D eigenvalue weighted by molar-refractivity contribution is -0.121. The van der Waals surface area contributed by atoms with Crippen LogP contribution in [-0.2, 0) is 17.3 Å². The Labute approximate surface area is 147 Å². The van der Waals surface area contributed by atoms with Crippen LogP contribution in [0.5, 0.6) is 0 Å². The summed E-state index contributed by atoms with van der Waals surface area (Å²) >= 11 is 1.43. The molecule has 1 aromatic heterocycles. The lowest BCUT2D eigenvalue weighted by Crippen LogP contribution is -2.38. The fourth-order valence-corrected chi connectivity index (χ4v) is 4.04. The van der Waals surface area contributed by atoms with Crippen molar-refractivity contribution in [2.45, 2.75) is 55.5 Å². The Kier molecular flexibility index (Phi) is 4.67. The third kappa shape index (κ3) is 3.34. The van der Waals surface area contributed by atoms with Gasteiger partial charge in [-0.25, -0.2) is 0 Å². The molecule has 1 N–H and O–H groups in total. The molecule has 0 radical (unpaired) electrons. The highest BCUT2D eigenvalue weighted by Crippen LogP contribution is 2.41. The highest BCUT2D eigenvalue weighted by molar-refractivity contribution is 8.00. The number of carbonyl (C=O) groups excluding carboxylic acids is 1. The van der Waals surface area contributed by atoms with Gasteiger partial charge in [0.05, 0.1) is 11.3 Å². The van der Waals surface area contributed by atoms with Gasteiger partial charge in [0, 0.05) is 7.05 Å². The van der Waals surface area contributed by atoms with E-state index < -0.39 is 0 Å². The highest BCUT2D eigenvalue weighted by Gasteiger charge is 2.33. The van der Waals surface area contributed by atoms with E-state index in [-0.39, 0.29) is 22.6 Å². The maximum atomic E-state index is 12.6. The Bertz CT molecular complexity index is 740. The van der Waals surface area contributed by atoms with Gasteiger partial charge in [-0.1, -0.05) is 49.9 Å². The molecule has 1 aliphatic carbocycles. The number of thioether (sulfide) groups is 1. The van der Waals surface area contributed by atoms with Gasteiger partial charge in [0.2, 0.25) is 5.91 Å². The molecule has 0 spiro atoms. The number of rotatable bonds is 4. The minimum absolute atomic E-state index is 0.0440. The molecule has 5 nitrogen and oxygen atoms in total. The minimum Gasteiger partial charge on any atom is -0.348 e. The van der Waals surface area contributed by atoms with Gasteiger partial charge in [0.25, 0.3) is 0 Å². The first-order chi connectivity index (χ1) is 11.4. The van der Waals surface area contributed by atoms with Crippen molar-refractivity contribution in [2.75, 3.05) is 0 Å². The lowest BCUT2D eigenvalue weighted by Gasteiger charge is -2.37. The Balaban J connectivity index is 1.72. The van der Waals surface area contributed by atoms with Gasteiger partial charge in [-0.15, -0.1) is 10.2 Å². The predicted molar refractivity (Wildman–Crippen MR) is 95.9 cm³/mol. The number of benzene rings is 1. The number of nitrogens with one attached hydrogen (secondary N) is 1. The first kappa shape index (κ1) is 17.0. The molecule has 2 aromatic rings. The van der Waals surface area contributed by atoms with Crippen molar-refractivity contribution in [3.8, 4) is 0 Å². The normalized spacial score (nSPS) is 20.2. The number of hydrogen-bond acceptors (Lipinski definition) is 4. The van der Waals surface area contributed by atoms with Gasteiger partial charge in [-0.05, 0) is 36.3 Å². The van der Waals surface area contributed by atoms with Crippen LogP contribution in [0.15, 0.2) is 35.7 Å². The molecule has 0 fully saturated rings. The van der Waals surface area contributed by atoms with E-state index in [4.69, 9.17) is 0 Å². The van der Waals surface area contributed by atoms with Crippen LogP contribution in [0, 0.1) is 0 Å². The van der Waals surface area contributed by atoms with Crippen molar-refractivity contribution >= 4 is 17.7 Å². The number of aryl methyl sites for hydroxylation is 1. The van der Waals surface area contributed by atoms with E-state index in [1.54, 1.807) is 6.33 Å². The lowest BCUT2D eigenvalue weighted by atomic mass is 9.71. The van der Waals surface area contributed by atoms with Gasteiger partial charge < -0.3 is 9.88 Å². The van der Waals surface area contributed by atoms with Crippen molar-refractivity contribution in [1.29, 1.82) is 0 Å². The van der Waals surface area contributed by atoms with Gasteiger partial charge >= 0.3 is 0 Å². The summed E-state index contributed by atoms with van der Waals surface area (Å²) < 4.78 is 1.83. The molecular weight excluding hydrogens is 320 g/mol. The van der Waals surface area contributed by atoms with Crippen LogP contribution in [-0.4, -0.2) is 25.9 Å². The number of fused-ring (bicyclic) bond motifs is 1. The van der Waals surface area contributed by atoms with Gasteiger partial charge in [-0.2, -0.15) is 0 Å². The molecule has 24 heavy (non-hydrogen) atoms. The zero-order valence-electron chi connectivity index (χ0n) is 14.6. The second-order valence-corrected chi connectivity index (χ2v) is 8.36. The molecule has 3 rings (SSSR count). The summed E-state index contributed by atoms with van der Waals surface area (Å²) in [6, 6.07) is 8.55. The number of hydrogen-bond donors (Lipinski definition) is 1. The molecule has 6 heteroatoms. The predicted octanol–water partition coefficient (Wildman–Crippen LogP) is 3.22. The summed E-state index contributed by atoms with van der Waals surface area (Å²) in [5, 5.41) is 11.7. The van der Waals surface area contributed by atoms with Crippen molar-refractivity contribution < 1.29 is 4.79 Å². The topological polar surface area (TPSA) is 59.8 Å². The van der Waals surface area contributed by atoms with Gasteiger partial charge in [-0.3, -0.25) is 4.79 Å². The molecule has 128 valence electrons. The third-order valence-electron chi connectivity index (χ3n) is 4.76. The summed E-state index contributed by atoms with van der Waals surface area (Å²) in [5.41, 5.74) is 2.75. The minimum atomic E-state index is -0.213. The van der Waals surface area contributed by atoms with Crippen LogP contribution in [0.4, 0.5) is 0 Å². The average molecular weight is 344 g/mol. The van der Waals surface area contributed by atoms with E-state index in [1.807, 2.05) is 18.5 Å². The molecular formula is C18H24N4OS. The summed E-state index contributed by atoms with van der Waals surface area (Å²) in [6.45, 7) is 6.46. The molecule has 1 amide bonds. The molecule has 0 aliphatic heterocycles. The van der Waals surface area contributed by atoms with E-state index in [0.717, 1.165) is 18.0 Å². The molecule has 1 aromatic carbocycles. The Morgan fingerprint density at radius 2 is 2.17 bits per heavy atom. The third-order valence-corrected chi connectivity index (χ3v) is 5.91. The summed E-state index contributed by atoms with van der Waals surface area (Å²) in [5.74, 6) is 0.0440. The van der Waals surface area contributed by atoms with E-state index in [9.17, 15) is 4.79 Å². The molecule has 2 atom stereocenters. The average Bonchev–Trinajstić information content (AvgIpc) is 2.95. The number of nitrogens with zero attached hydrogens (tertiary/aromatic N) is 3. The monoisotopic (exact) mass is 344 g/mol. The van der Waals surface area contributed by atoms with Crippen molar-refractivity contribution in [2.24, 2.45) is 7.05 Å². The van der Waals surface area contributed by atoms with Crippen molar-refractivity contribution in [1.82, 2.24) is 20.1 Å². The summed E-state index contributed by atoms with van der Waals surface area (Å²) in [6.07, 6.45) is 3.68. The van der Waals surface area contributed by atoms with Gasteiger partial charge in [0.15, 0.2) is 5.16 Å². The summed E-state index contributed by atoms with van der Waals surface area (Å²) in [4.78, 5) is 12.6. The second-order valence-electron chi connectivity index (χ2n) is 7.06. The molecule has 0 bridgehead atoms. The van der Waals surface area contributed by atoms with Crippen LogP contribution >= 0.6 is 11.8 Å². The van der Waals surface area contributed by atoms with Crippen LogP contribution in [0.1, 0.15) is 50.8 Å². The van der Waals surface area contributed by atoms with Crippen LogP contribution in [0.3, 0.4) is 0 Å². The first-order valence-electron chi connectivity index (χ1n) is 8.29. The maximum absolute atomic E-state index is 12.6. The standard InChI is InChI=1S/C18H24N4OS/c1-12(24-17-21-19-11-22(17)4)16(23)20-15-9-10-18(2,3)14-8-6-5-7-13(14)15/h5-8,11-12,15H,9-10H2,1-4H3,(H,20,23)/t12-,15+/m0/s1. The first-order valence-corrected chi connectivity index (χ1v) is 9.17. The van der Waals surface area contributed by atoms with E-state index in [1.165, 1.54) is 22.9 Å². The zero-order valence-corrected chi connectivity index (χ0v) is 15.4. The number of aromatic nitrogens is 3. The van der Waals surface area contributed by atoms with Crippen molar-refractivity contribution in [3.05, 3.63) is 41.7 Å². The number of carbonyl (C=O) groups is 1. The largest absolute Gasteiger partial charge is 0.348 e. The maximum Gasteiger partial charge on any atom is 0.233 e. The summed E-state index contributed by atoms with van der Waals surface area (Å²) in [7, 11) is 1.88. The van der Waals surface area contributed by atoms with Crippen LogP contribution in [0.25, 0.3) is 0 Å². The second kappa shape index (κ2) is 6.59. The quantitative estimate of drug-likeness (QED) is 0.865. The molecule has 0 unspecified atom stereocenters. The fourth-order valence-electron chi connectivity index (χ4n) is 3.24. The molecule has 0 saturated heterocycles. The SMILES string of the molecule is C[C@H](Sc1nncn1C)C(=O)N[C@@H]1CCC(C)(C)c2ccccc21. The van der Waals surface area contributed by atoms with Crippen LogP contribution in [0.2, 0.25) is 0 Å². The van der Waals surface area contributed by atoms with Crippen LogP contribution < -0.4 is 5.32 Å². The Morgan fingerprint density at radius 3 is 2.88 bits per heavy atom. The Morgan fingerprint density at radius 1 is 1.42 bits per heavy atom. The van der Waals surface area contributed by atoms with Gasteiger partial charge in [0.1, 0.15) is 6.33 Å². The Hall–Kier alpha value is -1.82. The zero-order chi connectivity index (χ0) is 17.3. The smallest absolute Gasteiger partial charge is 0.233 e. The molecule has 0 saturated carbocycles. The van der Waals surface area contributed by atoms with Crippen molar-refractivity contribution in [3.63, 3.8) is 0 Å². The fraction of sp³-hybridized carbons (Fsp3) is 0.500. The van der Waals surface area contributed by atoms with E-state index >= 15 is 0 Å².